The van der Waals surface area contributed by atoms with Crippen LogP contribution >= 0.6 is 11.6 Å². The van der Waals surface area contributed by atoms with Gasteiger partial charge in [-0.15, -0.1) is 0 Å². The third-order valence-corrected chi connectivity index (χ3v) is 5.40. The van der Waals surface area contributed by atoms with Gasteiger partial charge in [-0.1, -0.05) is 35.9 Å². The number of methoxy groups -OCH3 is 1. The van der Waals surface area contributed by atoms with Gasteiger partial charge in [0.05, 0.1) is 10.6 Å². The Labute approximate surface area is 178 Å². The Balaban J connectivity index is 1.69. The fraction of sp³-hybridized carbons (Fsp3) is 0.409. The molecule has 2 heterocycles. The van der Waals surface area contributed by atoms with Crippen molar-refractivity contribution in [2.75, 3.05) is 7.11 Å². The van der Waals surface area contributed by atoms with E-state index in [9.17, 15) is 9.18 Å². The predicted octanol–water partition coefficient (Wildman–Crippen LogP) is 4.27. The van der Waals surface area contributed by atoms with Crippen LogP contribution in [0.1, 0.15) is 35.9 Å². The molecular formula is C22H22ClFO6. The summed E-state index contributed by atoms with van der Waals surface area (Å²) in [6, 6.07) is 12.7. The molecule has 2 aromatic carbocycles. The molecule has 0 radical (unpaired) electrons. The van der Waals surface area contributed by atoms with Crippen LogP contribution < -0.4 is 0 Å². The van der Waals surface area contributed by atoms with Gasteiger partial charge in [-0.25, -0.2) is 9.18 Å². The van der Waals surface area contributed by atoms with Gasteiger partial charge in [-0.3, -0.25) is 0 Å². The molecule has 0 amide bonds. The number of fused-ring (bicyclic) bond motifs is 1. The second kappa shape index (κ2) is 8.24. The second-order valence-corrected chi connectivity index (χ2v) is 8.04. The van der Waals surface area contributed by atoms with E-state index in [2.05, 4.69) is 0 Å². The summed E-state index contributed by atoms with van der Waals surface area (Å²) >= 11 is 5.84. The van der Waals surface area contributed by atoms with Crippen LogP contribution in [-0.2, 0) is 23.7 Å². The molecule has 5 atom stereocenters. The zero-order chi connectivity index (χ0) is 21.5. The maximum atomic E-state index is 14.2. The highest BCUT2D eigenvalue weighted by molar-refractivity contribution is 6.30. The van der Waals surface area contributed by atoms with Crippen molar-refractivity contribution in [1.29, 1.82) is 0 Å². The Morgan fingerprint density at radius 3 is 2.50 bits per heavy atom. The molecule has 0 aliphatic carbocycles. The molecule has 30 heavy (non-hydrogen) atoms. The SMILES string of the molecule is CO[C@@H]1O[C@H]([C@H](OC(=O)c2ccccc2)c2ccc(Cl)c(F)c2)[C@H]2OC(C)(C)OC12. The molecule has 2 aliphatic heterocycles. The topological polar surface area (TPSA) is 63.2 Å². The number of esters is 1. The molecule has 160 valence electrons. The molecule has 0 spiro atoms. The number of benzene rings is 2. The van der Waals surface area contributed by atoms with Gasteiger partial charge < -0.3 is 23.7 Å². The Morgan fingerprint density at radius 2 is 1.83 bits per heavy atom. The first-order valence-electron chi connectivity index (χ1n) is 9.54. The van der Waals surface area contributed by atoms with E-state index in [1.807, 2.05) is 0 Å². The van der Waals surface area contributed by atoms with Gasteiger partial charge in [0.25, 0.3) is 0 Å². The number of halogens is 2. The summed E-state index contributed by atoms with van der Waals surface area (Å²) in [6.07, 6.45) is -3.59. The van der Waals surface area contributed by atoms with Crippen molar-refractivity contribution in [3.8, 4) is 0 Å². The summed E-state index contributed by atoms with van der Waals surface area (Å²) in [5, 5.41) is -0.0338. The van der Waals surface area contributed by atoms with E-state index >= 15 is 0 Å². The highest BCUT2D eigenvalue weighted by Gasteiger charge is 2.58. The highest BCUT2D eigenvalue weighted by atomic mass is 35.5. The zero-order valence-corrected chi connectivity index (χ0v) is 17.5. The van der Waals surface area contributed by atoms with Gasteiger partial charge in [-0.2, -0.15) is 0 Å². The van der Waals surface area contributed by atoms with Gasteiger partial charge in [0.2, 0.25) is 0 Å². The Morgan fingerprint density at radius 1 is 1.13 bits per heavy atom. The first kappa shape index (κ1) is 21.2. The quantitative estimate of drug-likeness (QED) is 0.652. The lowest BCUT2D eigenvalue weighted by atomic mass is 9.98. The standard InChI is InChI=1S/C22H22ClFO6/c1-22(2)29-18-17(28-21(26-3)19(18)30-22)16(13-9-10-14(23)15(24)11-13)27-20(25)12-7-5-4-6-8-12/h4-11,16-19,21H,1-3H3/t16-,17-,18-,19?,21-/m1/s1. The van der Waals surface area contributed by atoms with Crippen molar-refractivity contribution < 1.29 is 32.9 Å². The van der Waals surface area contributed by atoms with E-state index in [0.717, 1.165) is 0 Å². The minimum atomic E-state index is -0.977. The van der Waals surface area contributed by atoms with Gasteiger partial charge in [0.15, 0.2) is 18.2 Å². The normalized spacial score (nSPS) is 28.2. The van der Waals surface area contributed by atoms with Crippen LogP contribution in [0.4, 0.5) is 4.39 Å². The largest absolute Gasteiger partial charge is 0.451 e. The predicted molar refractivity (Wildman–Crippen MR) is 106 cm³/mol. The molecule has 4 rings (SSSR count). The highest BCUT2D eigenvalue weighted by Crippen LogP contribution is 2.44. The smallest absolute Gasteiger partial charge is 0.338 e. The molecule has 1 unspecified atom stereocenters. The molecule has 0 aromatic heterocycles. The molecule has 2 aliphatic rings. The molecule has 6 nitrogen and oxygen atoms in total. The van der Waals surface area contributed by atoms with E-state index in [-0.39, 0.29) is 5.02 Å². The molecule has 0 saturated carbocycles. The zero-order valence-electron chi connectivity index (χ0n) is 16.7. The summed E-state index contributed by atoms with van der Waals surface area (Å²) in [7, 11) is 1.49. The molecular weight excluding hydrogens is 415 g/mol. The average molecular weight is 437 g/mol. The third-order valence-electron chi connectivity index (χ3n) is 5.09. The average Bonchev–Trinajstić information content (AvgIpc) is 3.21. The van der Waals surface area contributed by atoms with E-state index in [0.29, 0.717) is 11.1 Å². The Kier molecular flexibility index (Phi) is 5.83. The van der Waals surface area contributed by atoms with Crippen LogP contribution in [0.5, 0.6) is 0 Å². The van der Waals surface area contributed by atoms with E-state index in [1.54, 1.807) is 50.2 Å². The summed E-state index contributed by atoms with van der Waals surface area (Å²) < 4.78 is 43.4. The Hall–Kier alpha value is -2.03. The van der Waals surface area contributed by atoms with Crippen molar-refractivity contribution >= 4 is 17.6 Å². The number of carbonyl (C=O) groups excluding carboxylic acids is 1. The fourth-order valence-corrected chi connectivity index (χ4v) is 3.91. The lowest BCUT2D eigenvalue weighted by Crippen LogP contribution is -2.36. The van der Waals surface area contributed by atoms with E-state index < -0.39 is 48.3 Å². The third kappa shape index (κ3) is 4.08. The molecule has 2 aromatic rings. The van der Waals surface area contributed by atoms with Crippen LogP contribution in [0.15, 0.2) is 48.5 Å². The molecule has 2 saturated heterocycles. The van der Waals surface area contributed by atoms with Crippen LogP contribution in [0.2, 0.25) is 5.02 Å². The van der Waals surface area contributed by atoms with E-state index in [4.69, 9.17) is 35.3 Å². The van der Waals surface area contributed by atoms with Crippen molar-refractivity contribution in [3.63, 3.8) is 0 Å². The van der Waals surface area contributed by atoms with Crippen molar-refractivity contribution in [2.45, 2.75) is 50.3 Å². The first-order valence-corrected chi connectivity index (χ1v) is 9.92. The van der Waals surface area contributed by atoms with Crippen LogP contribution in [0.25, 0.3) is 0 Å². The fourth-order valence-electron chi connectivity index (χ4n) is 3.80. The van der Waals surface area contributed by atoms with Crippen LogP contribution in [0.3, 0.4) is 0 Å². The summed E-state index contributed by atoms with van der Waals surface area (Å²) in [5.41, 5.74) is 0.744. The van der Waals surface area contributed by atoms with Gasteiger partial charge >= 0.3 is 5.97 Å². The van der Waals surface area contributed by atoms with Crippen molar-refractivity contribution in [1.82, 2.24) is 0 Å². The van der Waals surface area contributed by atoms with E-state index in [1.165, 1.54) is 19.2 Å². The minimum absolute atomic E-state index is 0.0338. The lowest BCUT2D eigenvalue weighted by Gasteiger charge is -2.29. The van der Waals surface area contributed by atoms with Crippen LogP contribution in [0, 0.1) is 5.82 Å². The molecule has 8 heteroatoms. The number of rotatable bonds is 5. The second-order valence-electron chi connectivity index (χ2n) is 7.64. The lowest BCUT2D eigenvalue weighted by molar-refractivity contribution is -0.237. The maximum absolute atomic E-state index is 14.2. The van der Waals surface area contributed by atoms with Gasteiger partial charge in [-0.05, 0) is 43.7 Å². The number of hydrogen-bond donors (Lipinski definition) is 0. The van der Waals surface area contributed by atoms with Crippen molar-refractivity contribution in [2.24, 2.45) is 0 Å². The van der Waals surface area contributed by atoms with Crippen LogP contribution in [-0.4, -0.2) is 43.5 Å². The summed E-state index contributed by atoms with van der Waals surface area (Å²) in [5.74, 6) is -2.07. The minimum Gasteiger partial charge on any atom is -0.451 e. The van der Waals surface area contributed by atoms with Crippen molar-refractivity contribution in [3.05, 3.63) is 70.5 Å². The molecule has 0 bridgehead atoms. The molecule has 0 N–H and O–H groups in total. The summed E-state index contributed by atoms with van der Waals surface area (Å²) in [4.78, 5) is 12.8. The summed E-state index contributed by atoms with van der Waals surface area (Å²) in [6.45, 7) is 3.56. The number of ether oxygens (including phenoxy) is 5. The monoisotopic (exact) mass is 436 g/mol. The molecule has 2 fully saturated rings. The number of hydrogen-bond acceptors (Lipinski definition) is 6. The first-order chi connectivity index (χ1) is 14.3. The maximum Gasteiger partial charge on any atom is 0.338 e. The number of carbonyl (C=O) groups is 1. The Bertz CT molecular complexity index is 921. The van der Waals surface area contributed by atoms with Gasteiger partial charge in [0, 0.05) is 7.11 Å². The van der Waals surface area contributed by atoms with Gasteiger partial charge in [0.1, 0.15) is 24.1 Å².